The first-order valence-corrected chi connectivity index (χ1v) is 6.06. The number of methoxy groups -OCH3 is 2. The van der Waals surface area contributed by atoms with E-state index in [1.54, 1.807) is 14.2 Å². The summed E-state index contributed by atoms with van der Waals surface area (Å²) in [5.74, 6) is 0.362. The Hall–Kier alpha value is -1.71. The zero-order valence-electron chi connectivity index (χ0n) is 11.1. The standard InChI is InChI=1S/C14H20O4/c1-4-11(14(15)16)7-5-10-6-8-12(17-2)13(9-10)18-3/h6,8-9,11H,4-5,7H2,1-3H3,(H,15,16)/t11-/m0/s1. The SMILES string of the molecule is CC[C@@H](CCc1ccc(OC)c(OC)c1)C(=O)O. The number of ether oxygens (including phenoxy) is 2. The molecule has 0 bridgehead atoms. The van der Waals surface area contributed by atoms with E-state index < -0.39 is 5.97 Å². The van der Waals surface area contributed by atoms with Gasteiger partial charge in [0.25, 0.3) is 0 Å². The van der Waals surface area contributed by atoms with Crippen molar-refractivity contribution in [3.8, 4) is 11.5 Å². The van der Waals surface area contributed by atoms with Crippen molar-refractivity contribution in [1.82, 2.24) is 0 Å². The molecule has 0 spiro atoms. The molecule has 1 aromatic carbocycles. The number of aryl methyl sites for hydroxylation is 1. The molecule has 0 radical (unpaired) electrons. The maximum atomic E-state index is 10.9. The fourth-order valence-corrected chi connectivity index (χ4v) is 1.88. The van der Waals surface area contributed by atoms with Gasteiger partial charge in [0.1, 0.15) is 0 Å². The van der Waals surface area contributed by atoms with Gasteiger partial charge in [0.05, 0.1) is 20.1 Å². The minimum absolute atomic E-state index is 0.280. The summed E-state index contributed by atoms with van der Waals surface area (Å²) in [6, 6.07) is 5.68. The van der Waals surface area contributed by atoms with Crippen molar-refractivity contribution in [1.29, 1.82) is 0 Å². The summed E-state index contributed by atoms with van der Waals surface area (Å²) in [5.41, 5.74) is 1.06. The van der Waals surface area contributed by atoms with E-state index in [0.717, 1.165) is 12.0 Å². The number of aliphatic carboxylic acids is 1. The van der Waals surface area contributed by atoms with Crippen LogP contribution in [0.3, 0.4) is 0 Å². The van der Waals surface area contributed by atoms with Crippen molar-refractivity contribution in [2.75, 3.05) is 14.2 Å². The van der Waals surface area contributed by atoms with E-state index in [-0.39, 0.29) is 5.92 Å². The van der Waals surface area contributed by atoms with Crippen LogP contribution >= 0.6 is 0 Å². The molecule has 0 aliphatic carbocycles. The molecule has 1 aromatic rings. The van der Waals surface area contributed by atoms with E-state index in [2.05, 4.69) is 0 Å². The van der Waals surface area contributed by atoms with Gasteiger partial charge in [-0.25, -0.2) is 0 Å². The second kappa shape index (κ2) is 6.89. The summed E-state index contributed by atoms with van der Waals surface area (Å²) in [7, 11) is 3.18. The highest BCUT2D eigenvalue weighted by atomic mass is 16.5. The average molecular weight is 252 g/mol. The topological polar surface area (TPSA) is 55.8 Å². The normalized spacial score (nSPS) is 11.9. The number of benzene rings is 1. The van der Waals surface area contributed by atoms with Gasteiger partial charge in [0, 0.05) is 0 Å². The van der Waals surface area contributed by atoms with Gasteiger partial charge in [-0.05, 0) is 37.0 Å². The van der Waals surface area contributed by atoms with Crippen molar-refractivity contribution in [3.05, 3.63) is 23.8 Å². The van der Waals surface area contributed by atoms with Gasteiger partial charge in [-0.3, -0.25) is 4.79 Å². The van der Waals surface area contributed by atoms with Crippen LogP contribution in [0.25, 0.3) is 0 Å². The van der Waals surface area contributed by atoms with Crippen molar-refractivity contribution in [2.24, 2.45) is 5.92 Å². The van der Waals surface area contributed by atoms with E-state index in [9.17, 15) is 4.79 Å². The minimum Gasteiger partial charge on any atom is -0.493 e. The lowest BCUT2D eigenvalue weighted by molar-refractivity contribution is -0.142. The van der Waals surface area contributed by atoms with E-state index in [0.29, 0.717) is 24.3 Å². The summed E-state index contributed by atoms with van der Waals surface area (Å²) < 4.78 is 10.4. The Morgan fingerprint density at radius 1 is 1.28 bits per heavy atom. The Balaban J connectivity index is 2.70. The molecule has 0 heterocycles. The lowest BCUT2D eigenvalue weighted by Gasteiger charge is -2.12. The lowest BCUT2D eigenvalue weighted by atomic mass is 9.97. The molecule has 1 atom stereocenters. The number of hydrogen-bond donors (Lipinski definition) is 1. The predicted octanol–water partition coefficient (Wildman–Crippen LogP) is 2.75. The fraction of sp³-hybridized carbons (Fsp3) is 0.500. The van der Waals surface area contributed by atoms with E-state index in [1.807, 2.05) is 25.1 Å². The Bertz CT molecular complexity index is 401. The molecule has 4 nitrogen and oxygen atoms in total. The molecule has 0 aliphatic rings. The number of carboxylic acids is 1. The molecule has 0 saturated carbocycles. The van der Waals surface area contributed by atoms with Crippen LogP contribution in [0.5, 0.6) is 11.5 Å². The van der Waals surface area contributed by atoms with Crippen LogP contribution in [0, 0.1) is 5.92 Å². The molecular formula is C14H20O4. The predicted molar refractivity (Wildman–Crippen MR) is 69.3 cm³/mol. The quantitative estimate of drug-likeness (QED) is 0.810. The van der Waals surface area contributed by atoms with Gasteiger partial charge in [-0.15, -0.1) is 0 Å². The maximum absolute atomic E-state index is 10.9. The van der Waals surface area contributed by atoms with Crippen LogP contribution in [0.4, 0.5) is 0 Å². The Labute approximate surface area is 108 Å². The third-order valence-corrected chi connectivity index (χ3v) is 3.07. The highest BCUT2D eigenvalue weighted by molar-refractivity contribution is 5.69. The first kappa shape index (κ1) is 14.4. The molecule has 1 N–H and O–H groups in total. The van der Waals surface area contributed by atoms with Gasteiger partial charge in [-0.1, -0.05) is 13.0 Å². The number of carboxylic acid groups (broad SMARTS) is 1. The number of hydrogen-bond acceptors (Lipinski definition) is 3. The molecule has 1 rings (SSSR count). The highest BCUT2D eigenvalue weighted by Gasteiger charge is 2.15. The molecule has 0 aliphatic heterocycles. The second-order valence-electron chi connectivity index (χ2n) is 4.17. The molecule has 0 fully saturated rings. The maximum Gasteiger partial charge on any atom is 0.306 e. The third-order valence-electron chi connectivity index (χ3n) is 3.07. The molecule has 0 aromatic heterocycles. The molecular weight excluding hydrogens is 232 g/mol. The minimum atomic E-state index is -0.724. The molecule has 100 valence electrons. The number of rotatable bonds is 7. The molecule has 0 amide bonds. The Morgan fingerprint density at radius 2 is 1.94 bits per heavy atom. The van der Waals surface area contributed by atoms with E-state index >= 15 is 0 Å². The van der Waals surface area contributed by atoms with Gasteiger partial charge in [0.2, 0.25) is 0 Å². The second-order valence-corrected chi connectivity index (χ2v) is 4.17. The molecule has 18 heavy (non-hydrogen) atoms. The summed E-state index contributed by atoms with van der Waals surface area (Å²) in [5, 5.41) is 8.99. The van der Waals surface area contributed by atoms with Gasteiger partial charge >= 0.3 is 5.97 Å². The largest absolute Gasteiger partial charge is 0.493 e. The van der Waals surface area contributed by atoms with Gasteiger partial charge in [-0.2, -0.15) is 0 Å². The van der Waals surface area contributed by atoms with Crippen LogP contribution < -0.4 is 9.47 Å². The average Bonchev–Trinajstić information content (AvgIpc) is 2.38. The fourth-order valence-electron chi connectivity index (χ4n) is 1.88. The van der Waals surface area contributed by atoms with Gasteiger partial charge in [0.15, 0.2) is 11.5 Å². The molecule has 4 heteroatoms. The highest BCUT2D eigenvalue weighted by Crippen LogP contribution is 2.28. The van der Waals surface area contributed by atoms with Gasteiger partial charge < -0.3 is 14.6 Å². The molecule has 0 unspecified atom stereocenters. The van der Waals surface area contributed by atoms with E-state index in [1.165, 1.54) is 0 Å². The monoisotopic (exact) mass is 252 g/mol. The van der Waals surface area contributed by atoms with Crippen molar-refractivity contribution >= 4 is 5.97 Å². The summed E-state index contributed by atoms with van der Waals surface area (Å²) in [4.78, 5) is 10.9. The Morgan fingerprint density at radius 3 is 2.44 bits per heavy atom. The van der Waals surface area contributed by atoms with Crippen molar-refractivity contribution in [2.45, 2.75) is 26.2 Å². The lowest BCUT2D eigenvalue weighted by Crippen LogP contribution is -2.13. The zero-order valence-corrected chi connectivity index (χ0v) is 11.1. The summed E-state index contributed by atoms with van der Waals surface area (Å²) >= 11 is 0. The first-order chi connectivity index (χ1) is 8.62. The Kier molecular flexibility index (Phi) is 5.49. The summed E-state index contributed by atoms with van der Waals surface area (Å²) in [6.07, 6.45) is 2.02. The zero-order chi connectivity index (χ0) is 13.5. The summed E-state index contributed by atoms with van der Waals surface area (Å²) in [6.45, 7) is 1.90. The van der Waals surface area contributed by atoms with Crippen molar-refractivity contribution < 1.29 is 19.4 Å². The van der Waals surface area contributed by atoms with Crippen LogP contribution in [0.2, 0.25) is 0 Å². The molecule has 0 saturated heterocycles. The van der Waals surface area contributed by atoms with E-state index in [4.69, 9.17) is 14.6 Å². The number of carbonyl (C=O) groups is 1. The third kappa shape index (κ3) is 3.65. The van der Waals surface area contributed by atoms with Crippen LogP contribution in [-0.4, -0.2) is 25.3 Å². The van der Waals surface area contributed by atoms with Crippen molar-refractivity contribution in [3.63, 3.8) is 0 Å². The van der Waals surface area contributed by atoms with Crippen LogP contribution in [0.15, 0.2) is 18.2 Å². The first-order valence-electron chi connectivity index (χ1n) is 6.06. The van der Waals surface area contributed by atoms with Crippen LogP contribution in [-0.2, 0) is 11.2 Å². The van der Waals surface area contributed by atoms with Crippen LogP contribution in [0.1, 0.15) is 25.3 Å². The smallest absolute Gasteiger partial charge is 0.306 e.